The van der Waals surface area contributed by atoms with E-state index in [0.29, 0.717) is 34.9 Å². The number of carbonyl (C=O) groups excluding carboxylic acids is 2. The fourth-order valence-corrected chi connectivity index (χ4v) is 4.82. The highest BCUT2D eigenvalue weighted by molar-refractivity contribution is 6.51. The number of aryl methyl sites for hydroxylation is 1. The van der Waals surface area contributed by atoms with Crippen LogP contribution in [0.15, 0.2) is 72.3 Å². The molecule has 3 aromatic rings. The zero-order chi connectivity index (χ0) is 26.1. The lowest BCUT2D eigenvalue weighted by atomic mass is 9.94. The topological polar surface area (TPSA) is 85.3 Å². The lowest BCUT2D eigenvalue weighted by Gasteiger charge is -2.26. The molecular weight excluding hydrogens is 470 g/mol. The third-order valence-electron chi connectivity index (χ3n) is 6.54. The number of ketones is 1. The molecular formula is C30H29NO6. The molecule has 0 bridgehead atoms. The molecule has 37 heavy (non-hydrogen) atoms. The Morgan fingerprint density at radius 1 is 1.00 bits per heavy atom. The van der Waals surface area contributed by atoms with Crippen molar-refractivity contribution in [1.82, 2.24) is 0 Å². The molecule has 1 unspecified atom stereocenters. The molecule has 0 aromatic heterocycles. The number of benzene rings is 3. The van der Waals surface area contributed by atoms with Gasteiger partial charge in [0.2, 0.25) is 0 Å². The second-order valence-corrected chi connectivity index (χ2v) is 9.38. The average molecular weight is 500 g/mol. The zero-order valence-electron chi connectivity index (χ0n) is 21.1. The molecule has 1 atom stereocenters. The molecule has 3 aromatic carbocycles. The van der Waals surface area contributed by atoms with Gasteiger partial charge in [0.1, 0.15) is 23.0 Å². The van der Waals surface area contributed by atoms with Gasteiger partial charge in [-0.1, -0.05) is 12.1 Å². The standard InChI is InChI=1S/C30H29NO6/c1-18(2)37-24-13-9-22(10-14-24)31-27(19-6-11-23(35-3)12-7-19)26(29(33)30(31)34)28(32)21-8-15-25-20(17-21)5-4-16-36-25/h6-15,17-18,27,32H,4-5,16H2,1-3H3/b28-26-. The minimum atomic E-state index is -0.824. The summed E-state index contributed by atoms with van der Waals surface area (Å²) in [6.45, 7) is 4.52. The average Bonchev–Trinajstić information content (AvgIpc) is 3.18. The van der Waals surface area contributed by atoms with Gasteiger partial charge >= 0.3 is 0 Å². The monoisotopic (exact) mass is 499 g/mol. The molecule has 0 radical (unpaired) electrons. The predicted octanol–water partition coefficient (Wildman–Crippen LogP) is 5.43. The highest BCUT2D eigenvalue weighted by atomic mass is 16.5. The van der Waals surface area contributed by atoms with Crippen molar-refractivity contribution >= 4 is 23.1 Å². The minimum Gasteiger partial charge on any atom is -0.507 e. The number of fused-ring (bicyclic) bond motifs is 1. The largest absolute Gasteiger partial charge is 0.507 e. The van der Waals surface area contributed by atoms with E-state index in [2.05, 4.69) is 0 Å². The van der Waals surface area contributed by atoms with Crippen LogP contribution in [-0.2, 0) is 16.0 Å². The predicted molar refractivity (Wildman–Crippen MR) is 140 cm³/mol. The van der Waals surface area contributed by atoms with Crippen molar-refractivity contribution in [2.45, 2.75) is 38.8 Å². The molecule has 0 saturated carbocycles. The number of hydrogen-bond acceptors (Lipinski definition) is 6. The number of aliphatic hydroxyl groups is 1. The number of rotatable bonds is 6. The van der Waals surface area contributed by atoms with Gasteiger partial charge in [0.15, 0.2) is 0 Å². The molecule has 1 amide bonds. The van der Waals surface area contributed by atoms with Crippen LogP contribution >= 0.6 is 0 Å². The van der Waals surface area contributed by atoms with Gasteiger partial charge in [-0.15, -0.1) is 0 Å². The number of ether oxygens (including phenoxy) is 3. The first-order valence-corrected chi connectivity index (χ1v) is 12.3. The Kier molecular flexibility index (Phi) is 6.61. The van der Waals surface area contributed by atoms with Crippen LogP contribution in [0, 0.1) is 0 Å². The van der Waals surface area contributed by atoms with Crippen molar-refractivity contribution in [3.8, 4) is 17.2 Å². The molecule has 2 aliphatic heterocycles. The number of hydrogen-bond donors (Lipinski definition) is 1. The highest BCUT2D eigenvalue weighted by Crippen LogP contribution is 2.43. The van der Waals surface area contributed by atoms with Gasteiger partial charge in [-0.05, 0) is 92.4 Å². The molecule has 7 nitrogen and oxygen atoms in total. The van der Waals surface area contributed by atoms with Crippen molar-refractivity contribution < 1.29 is 28.9 Å². The molecule has 1 N–H and O–H groups in total. The van der Waals surface area contributed by atoms with Gasteiger partial charge in [0.05, 0.1) is 31.4 Å². The van der Waals surface area contributed by atoms with Crippen molar-refractivity contribution in [1.29, 1.82) is 0 Å². The van der Waals surface area contributed by atoms with E-state index in [1.165, 1.54) is 4.90 Å². The van der Waals surface area contributed by atoms with Gasteiger partial charge < -0.3 is 19.3 Å². The third kappa shape index (κ3) is 4.65. The van der Waals surface area contributed by atoms with Crippen LogP contribution in [0.4, 0.5) is 5.69 Å². The molecule has 2 heterocycles. The summed E-state index contributed by atoms with van der Waals surface area (Å²) >= 11 is 0. The fourth-order valence-electron chi connectivity index (χ4n) is 4.82. The van der Waals surface area contributed by atoms with Crippen LogP contribution in [0.1, 0.15) is 43.0 Å². The summed E-state index contributed by atoms with van der Waals surface area (Å²) < 4.78 is 16.7. The second-order valence-electron chi connectivity index (χ2n) is 9.38. The molecule has 2 aliphatic rings. The quantitative estimate of drug-likeness (QED) is 0.276. The number of aliphatic hydroxyl groups excluding tert-OH is 1. The summed E-state index contributed by atoms with van der Waals surface area (Å²) in [4.78, 5) is 28.3. The Balaban J connectivity index is 1.63. The molecule has 0 spiro atoms. The summed E-state index contributed by atoms with van der Waals surface area (Å²) in [6.07, 6.45) is 1.70. The SMILES string of the molecule is COc1ccc(C2/C(=C(/O)c3ccc4c(c3)CCCO4)C(=O)C(=O)N2c2ccc(OC(C)C)cc2)cc1. The van der Waals surface area contributed by atoms with Crippen molar-refractivity contribution in [3.63, 3.8) is 0 Å². The van der Waals surface area contributed by atoms with Crippen molar-refractivity contribution in [3.05, 3.63) is 89.0 Å². The lowest BCUT2D eigenvalue weighted by Crippen LogP contribution is -2.29. The second kappa shape index (κ2) is 10.0. The highest BCUT2D eigenvalue weighted by Gasteiger charge is 2.47. The van der Waals surface area contributed by atoms with Crippen molar-refractivity contribution in [2.75, 3.05) is 18.6 Å². The van der Waals surface area contributed by atoms with Gasteiger partial charge in [-0.3, -0.25) is 14.5 Å². The molecule has 1 saturated heterocycles. The number of nitrogens with zero attached hydrogens (tertiary/aromatic N) is 1. The first-order chi connectivity index (χ1) is 17.9. The zero-order valence-corrected chi connectivity index (χ0v) is 21.1. The van der Waals surface area contributed by atoms with Crippen LogP contribution < -0.4 is 19.1 Å². The molecule has 0 aliphatic carbocycles. The van der Waals surface area contributed by atoms with Crippen molar-refractivity contribution in [2.24, 2.45) is 0 Å². The van der Waals surface area contributed by atoms with Crippen LogP contribution in [0.5, 0.6) is 17.2 Å². The number of carbonyl (C=O) groups is 2. The summed E-state index contributed by atoms with van der Waals surface area (Å²) in [5, 5.41) is 11.4. The third-order valence-corrected chi connectivity index (χ3v) is 6.54. The first kappa shape index (κ1) is 24.4. The summed E-state index contributed by atoms with van der Waals surface area (Å²) in [7, 11) is 1.57. The van der Waals surface area contributed by atoms with E-state index in [4.69, 9.17) is 14.2 Å². The van der Waals surface area contributed by atoms with Crippen LogP contribution in [0.3, 0.4) is 0 Å². The normalized spacial score (nSPS) is 18.5. The van der Waals surface area contributed by atoms with Gasteiger partial charge in [0, 0.05) is 11.3 Å². The smallest absolute Gasteiger partial charge is 0.300 e. The lowest BCUT2D eigenvalue weighted by molar-refractivity contribution is -0.132. The van der Waals surface area contributed by atoms with Crippen LogP contribution in [0.25, 0.3) is 5.76 Å². The first-order valence-electron chi connectivity index (χ1n) is 12.3. The summed E-state index contributed by atoms with van der Waals surface area (Å²) in [5.74, 6) is 0.419. The Labute approximate surface area is 215 Å². The van der Waals surface area contributed by atoms with E-state index < -0.39 is 17.7 Å². The van der Waals surface area contributed by atoms with Gasteiger partial charge in [-0.2, -0.15) is 0 Å². The number of Topliss-reactive ketones (excluding diaryl/α,β-unsaturated/α-hetero) is 1. The van der Waals surface area contributed by atoms with E-state index in [9.17, 15) is 14.7 Å². The molecule has 190 valence electrons. The number of methoxy groups -OCH3 is 1. The Bertz CT molecular complexity index is 1360. The Hall–Kier alpha value is -4.26. The summed E-state index contributed by atoms with van der Waals surface area (Å²) in [6, 6.07) is 18.7. The molecule has 7 heteroatoms. The summed E-state index contributed by atoms with van der Waals surface area (Å²) in [5.41, 5.74) is 2.67. The Morgan fingerprint density at radius 3 is 2.38 bits per heavy atom. The van der Waals surface area contributed by atoms with E-state index >= 15 is 0 Å². The minimum absolute atomic E-state index is 0.00129. The maximum atomic E-state index is 13.4. The Morgan fingerprint density at radius 2 is 1.70 bits per heavy atom. The maximum absolute atomic E-state index is 13.4. The number of anilines is 1. The van der Waals surface area contributed by atoms with E-state index in [0.717, 1.165) is 24.2 Å². The van der Waals surface area contributed by atoms with Gasteiger partial charge in [-0.25, -0.2) is 0 Å². The van der Waals surface area contributed by atoms with E-state index in [-0.39, 0.29) is 17.4 Å². The molecule has 1 fully saturated rings. The van der Waals surface area contributed by atoms with Crippen LogP contribution in [-0.4, -0.2) is 36.6 Å². The fraction of sp³-hybridized carbons (Fsp3) is 0.267. The van der Waals surface area contributed by atoms with E-state index in [1.807, 2.05) is 19.9 Å². The van der Waals surface area contributed by atoms with Crippen LogP contribution in [0.2, 0.25) is 0 Å². The number of amides is 1. The van der Waals surface area contributed by atoms with E-state index in [1.54, 1.807) is 67.8 Å². The molecule has 5 rings (SSSR count). The van der Waals surface area contributed by atoms with Gasteiger partial charge in [0.25, 0.3) is 11.7 Å². The maximum Gasteiger partial charge on any atom is 0.300 e.